The van der Waals surface area contributed by atoms with Crippen molar-refractivity contribution in [3.05, 3.63) is 44.6 Å². The minimum Gasteiger partial charge on any atom is -0.390 e. The van der Waals surface area contributed by atoms with Crippen LogP contribution in [0, 0.1) is 10.1 Å². The van der Waals surface area contributed by atoms with E-state index in [1.54, 1.807) is 0 Å². The quantitative estimate of drug-likeness (QED) is 0.255. The number of hydrogen-bond donors (Lipinski definition) is 2. The van der Waals surface area contributed by atoms with Gasteiger partial charge >= 0.3 is 0 Å². The summed E-state index contributed by atoms with van der Waals surface area (Å²) in [5.74, 6) is 0. The summed E-state index contributed by atoms with van der Waals surface area (Å²) in [5, 5.41) is 32.4. The van der Waals surface area contributed by atoms with E-state index in [1.807, 2.05) is 0 Å². The third-order valence-corrected chi connectivity index (χ3v) is 1.98. The molecule has 0 radical (unpaired) electrons. The molecule has 2 unspecified atom stereocenters. The van der Waals surface area contributed by atoms with E-state index in [-0.39, 0.29) is 17.9 Å². The van der Waals surface area contributed by atoms with Gasteiger partial charge in [0.2, 0.25) is 0 Å². The van der Waals surface area contributed by atoms with Gasteiger partial charge in [0.25, 0.3) is 5.69 Å². The predicted octanol–water partition coefficient (Wildman–Crippen LogP) is 0.694. The maximum atomic E-state index is 10.4. The number of aliphatic hydroxyl groups excluding tert-OH is 2. The molecular weight excluding hydrogens is 230 g/mol. The average molecular weight is 239 g/mol. The third kappa shape index (κ3) is 3.38. The van der Waals surface area contributed by atoms with Gasteiger partial charge in [0.15, 0.2) is 0 Å². The summed E-state index contributed by atoms with van der Waals surface area (Å²) in [7, 11) is 0. The number of hydrogen-bond acceptors (Lipinski definition) is 6. The van der Waals surface area contributed by atoms with Gasteiger partial charge in [-0.2, -0.15) is 0 Å². The Hall–Kier alpha value is -2.22. The molecule has 1 aromatic heterocycles. The molecule has 0 saturated heterocycles. The standard InChI is InChI=1S/C8H9N5O4/c9-12-11-4-7(14)8(15)6-2-1-5(3-10-6)13(16)17/h1-3,7-8,14-15H,4H2. The second kappa shape index (κ2) is 5.75. The monoisotopic (exact) mass is 239 g/mol. The van der Waals surface area contributed by atoms with Crippen LogP contribution in [0.3, 0.4) is 0 Å². The zero-order valence-electron chi connectivity index (χ0n) is 8.54. The summed E-state index contributed by atoms with van der Waals surface area (Å²) in [5.41, 5.74) is 7.89. The summed E-state index contributed by atoms with van der Waals surface area (Å²) in [6.45, 7) is -0.309. The number of pyridine rings is 1. The Morgan fingerprint density at radius 3 is 2.76 bits per heavy atom. The van der Waals surface area contributed by atoms with E-state index >= 15 is 0 Å². The van der Waals surface area contributed by atoms with Gasteiger partial charge in [0.05, 0.1) is 23.3 Å². The lowest BCUT2D eigenvalue weighted by atomic mass is 10.1. The molecule has 0 bridgehead atoms. The van der Waals surface area contributed by atoms with Gasteiger partial charge in [-0.25, -0.2) is 0 Å². The number of aliphatic hydroxyl groups is 2. The van der Waals surface area contributed by atoms with Crippen LogP contribution in [0.5, 0.6) is 0 Å². The van der Waals surface area contributed by atoms with Gasteiger partial charge in [-0.3, -0.25) is 15.1 Å². The average Bonchev–Trinajstić information content (AvgIpc) is 2.35. The highest BCUT2D eigenvalue weighted by Crippen LogP contribution is 2.17. The van der Waals surface area contributed by atoms with Crippen LogP contribution in [-0.2, 0) is 0 Å². The topological polar surface area (TPSA) is 145 Å². The first-order valence-electron chi connectivity index (χ1n) is 4.53. The van der Waals surface area contributed by atoms with E-state index < -0.39 is 17.1 Å². The summed E-state index contributed by atoms with van der Waals surface area (Å²) >= 11 is 0. The van der Waals surface area contributed by atoms with Crippen molar-refractivity contribution in [3.63, 3.8) is 0 Å². The molecule has 90 valence electrons. The van der Waals surface area contributed by atoms with Crippen molar-refractivity contribution in [1.82, 2.24) is 4.98 Å². The summed E-state index contributed by atoms with van der Waals surface area (Å²) < 4.78 is 0. The van der Waals surface area contributed by atoms with Crippen molar-refractivity contribution in [3.8, 4) is 0 Å². The lowest BCUT2D eigenvalue weighted by Gasteiger charge is -2.14. The normalized spacial score (nSPS) is 13.5. The molecule has 17 heavy (non-hydrogen) atoms. The summed E-state index contributed by atoms with van der Waals surface area (Å²) in [6.07, 6.45) is -1.69. The van der Waals surface area contributed by atoms with E-state index in [9.17, 15) is 20.3 Å². The fourth-order valence-electron chi connectivity index (χ4n) is 1.10. The summed E-state index contributed by atoms with van der Waals surface area (Å²) in [4.78, 5) is 15.8. The van der Waals surface area contributed by atoms with Crippen molar-refractivity contribution in [1.29, 1.82) is 0 Å². The highest BCUT2D eigenvalue weighted by molar-refractivity contribution is 5.27. The zero-order chi connectivity index (χ0) is 12.8. The Morgan fingerprint density at radius 1 is 1.59 bits per heavy atom. The number of nitrogens with zero attached hydrogens (tertiary/aromatic N) is 5. The van der Waals surface area contributed by atoms with Crippen LogP contribution in [0.25, 0.3) is 10.4 Å². The Morgan fingerprint density at radius 2 is 2.29 bits per heavy atom. The maximum Gasteiger partial charge on any atom is 0.287 e. The number of rotatable bonds is 5. The molecule has 1 heterocycles. The van der Waals surface area contributed by atoms with Crippen molar-refractivity contribution in [2.24, 2.45) is 5.11 Å². The molecule has 0 spiro atoms. The van der Waals surface area contributed by atoms with Gasteiger partial charge in [0, 0.05) is 11.0 Å². The molecule has 2 atom stereocenters. The van der Waals surface area contributed by atoms with E-state index in [0.717, 1.165) is 12.3 Å². The first kappa shape index (κ1) is 12.8. The molecule has 0 fully saturated rings. The van der Waals surface area contributed by atoms with Crippen molar-refractivity contribution < 1.29 is 15.1 Å². The summed E-state index contributed by atoms with van der Waals surface area (Å²) in [6, 6.07) is 2.38. The molecule has 0 aliphatic heterocycles. The van der Waals surface area contributed by atoms with Gasteiger partial charge in [-0.05, 0) is 11.6 Å². The Balaban J connectivity index is 2.78. The second-order valence-electron chi connectivity index (χ2n) is 3.12. The molecule has 0 aliphatic rings. The van der Waals surface area contributed by atoms with E-state index in [0.29, 0.717) is 0 Å². The first-order valence-corrected chi connectivity index (χ1v) is 4.53. The predicted molar refractivity (Wildman–Crippen MR) is 55.9 cm³/mol. The molecule has 2 N–H and O–H groups in total. The van der Waals surface area contributed by atoms with Gasteiger partial charge < -0.3 is 10.2 Å². The molecule has 0 amide bonds. The SMILES string of the molecule is [N-]=[N+]=NCC(O)C(O)c1ccc([N+](=O)[O-])cn1. The van der Waals surface area contributed by atoms with Crippen LogP contribution in [0.2, 0.25) is 0 Å². The van der Waals surface area contributed by atoms with Gasteiger partial charge in [-0.1, -0.05) is 5.11 Å². The molecule has 1 rings (SSSR count). The van der Waals surface area contributed by atoms with Crippen LogP contribution in [0.1, 0.15) is 11.8 Å². The lowest BCUT2D eigenvalue weighted by Crippen LogP contribution is -2.21. The van der Waals surface area contributed by atoms with Crippen molar-refractivity contribution in [2.45, 2.75) is 12.2 Å². The van der Waals surface area contributed by atoms with E-state index in [2.05, 4.69) is 15.0 Å². The Labute approximate surface area is 95.1 Å². The molecular formula is C8H9N5O4. The van der Waals surface area contributed by atoms with Crippen LogP contribution in [0.15, 0.2) is 23.4 Å². The lowest BCUT2D eigenvalue weighted by molar-refractivity contribution is -0.385. The fourth-order valence-corrected chi connectivity index (χ4v) is 1.10. The van der Waals surface area contributed by atoms with Crippen LogP contribution in [0.4, 0.5) is 5.69 Å². The molecule has 0 aliphatic carbocycles. The largest absolute Gasteiger partial charge is 0.390 e. The van der Waals surface area contributed by atoms with Gasteiger partial charge in [0.1, 0.15) is 12.3 Å². The highest BCUT2D eigenvalue weighted by Gasteiger charge is 2.19. The minimum atomic E-state index is -1.36. The maximum absolute atomic E-state index is 10.4. The molecule has 0 saturated carbocycles. The minimum absolute atomic E-state index is 0.0660. The Kier molecular flexibility index (Phi) is 4.35. The van der Waals surface area contributed by atoms with Gasteiger partial charge in [-0.15, -0.1) is 0 Å². The third-order valence-electron chi connectivity index (χ3n) is 1.98. The number of aromatic nitrogens is 1. The number of azide groups is 1. The second-order valence-corrected chi connectivity index (χ2v) is 3.12. The van der Waals surface area contributed by atoms with Crippen LogP contribution < -0.4 is 0 Å². The molecule has 1 aromatic rings. The first-order chi connectivity index (χ1) is 8.06. The van der Waals surface area contributed by atoms with Crippen molar-refractivity contribution >= 4 is 5.69 Å². The van der Waals surface area contributed by atoms with Crippen LogP contribution >= 0.6 is 0 Å². The van der Waals surface area contributed by atoms with E-state index in [1.165, 1.54) is 6.07 Å². The van der Waals surface area contributed by atoms with Crippen molar-refractivity contribution in [2.75, 3.05) is 6.54 Å². The van der Waals surface area contributed by atoms with Crippen LogP contribution in [-0.4, -0.2) is 32.8 Å². The fraction of sp³-hybridized carbons (Fsp3) is 0.375. The molecule has 0 aromatic carbocycles. The highest BCUT2D eigenvalue weighted by atomic mass is 16.6. The molecule has 9 heteroatoms. The smallest absolute Gasteiger partial charge is 0.287 e. The zero-order valence-corrected chi connectivity index (χ0v) is 8.54. The Bertz CT molecular complexity index is 442. The molecule has 9 nitrogen and oxygen atoms in total. The number of nitro groups is 1. The van der Waals surface area contributed by atoms with E-state index in [4.69, 9.17) is 5.53 Å².